The number of hydrogen-bond acceptors (Lipinski definition) is 6. The molecule has 0 unspecified atom stereocenters. The molecular formula is C42H56N2O5. The van der Waals surface area contributed by atoms with Gasteiger partial charge in [0.1, 0.15) is 11.5 Å². The maximum absolute atomic E-state index is 13.0. The van der Waals surface area contributed by atoms with Gasteiger partial charge in [0.05, 0.1) is 27.4 Å². The SMILES string of the molecule is CCC(C)(C)c1ccc(OCCCCNC(=O)c2ccc(CN(Cc3ccccc3)Cc3ccc(OC)c(OC)c3)o2)c(C(C)(C)CC)c1. The van der Waals surface area contributed by atoms with Crippen molar-refractivity contribution in [1.29, 1.82) is 0 Å². The summed E-state index contributed by atoms with van der Waals surface area (Å²) in [4.78, 5) is 15.2. The molecular weight excluding hydrogens is 612 g/mol. The number of unbranched alkanes of at least 4 members (excludes halogenated alkanes) is 1. The molecule has 3 aromatic carbocycles. The Balaban J connectivity index is 1.30. The van der Waals surface area contributed by atoms with Crippen LogP contribution in [0.25, 0.3) is 0 Å². The van der Waals surface area contributed by atoms with E-state index in [-0.39, 0.29) is 16.7 Å². The predicted molar refractivity (Wildman–Crippen MR) is 198 cm³/mol. The Morgan fingerprint density at radius 3 is 2.12 bits per heavy atom. The van der Waals surface area contributed by atoms with E-state index in [0.29, 0.717) is 43.5 Å². The van der Waals surface area contributed by atoms with Gasteiger partial charge in [0.2, 0.25) is 0 Å². The number of carbonyl (C=O) groups excluding carboxylic acids is 1. The highest BCUT2D eigenvalue weighted by molar-refractivity contribution is 5.91. The van der Waals surface area contributed by atoms with Crippen LogP contribution >= 0.6 is 0 Å². The van der Waals surface area contributed by atoms with Gasteiger partial charge >= 0.3 is 0 Å². The first-order valence-electron chi connectivity index (χ1n) is 17.6. The number of carbonyl (C=O) groups is 1. The highest BCUT2D eigenvalue weighted by Crippen LogP contribution is 2.38. The van der Waals surface area contributed by atoms with Crippen molar-refractivity contribution in [2.45, 2.75) is 97.7 Å². The van der Waals surface area contributed by atoms with Crippen LogP contribution in [0.4, 0.5) is 0 Å². The normalized spacial score (nSPS) is 11.9. The fraction of sp³-hybridized carbons (Fsp3) is 0.452. The number of nitrogens with one attached hydrogen (secondary N) is 1. The molecule has 0 saturated heterocycles. The number of methoxy groups -OCH3 is 2. The van der Waals surface area contributed by atoms with Crippen LogP contribution < -0.4 is 19.5 Å². The van der Waals surface area contributed by atoms with Gasteiger partial charge in [-0.25, -0.2) is 0 Å². The van der Waals surface area contributed by atoms with Crippen LogP contribution in [0.1, 0.15) is 106 Å². The zero-order chi connectivity index (χ0) is 35.4. The molecule has 1 heterocycles. The van der Waals surface area contributed by atoms with Gasteiger partial charge in [-0.05, 0) is 83.5 Å². The van der Waals surface area contributed by atoms with E-state index in [1.807, 2.05) is 42.5 Å². The monoisotopic (exact) mass is 668 g/mol. The first-order valence-corrected chi connectivity index (χ1v) is 17.6. The summed E-state index contributed by atoms with van der Waals surface area (Å²) >= 11 is 0. The van der Waals surface area contributed by atoms with Crippen LogP contribution in [0.2, 0.25) is 0 Å². The highest BCUT2D eigenvalue weighted by atomic mass is 16.5. The minimum absolute atomic E-state index is 0.0207. The van der Waals surface area contributed by atoms with Crippen LogP contribution in [0.3, 0.4) is 0 Å². The third kappa shape index (κ3) is 10.4. The van der Waals surface area contributed by atoms with Gasteiger partial charge in [-0.2, -0.15) is 0 Å². The van der Waals surface area contributed by atoms with E-state index in [0.717, 1.165) is 49.3 Å². The van der Waals surface area contributed by atoms with Crippen molar-refractivity contribution < 1.29 is 23.4 Å². The number of furan rings is 1. The molecule has 1 aromatic heterocycles. The van der Waals surface area contributed by atoms with Gasteiger partial charge in [0.15, 0.2) is 17.3 Å². The van der Waals surface area contributed by atoms with Crippen molar-refractivity contribution in [3.8, 4) is 17.2 Å². The summed E-state index contributed by atoms with van der Waals surface area (Å²) < 4.78 is 23.3. The van der Waals surface area contributed by atoms with Crippen molar-refractivity contribution in [2.24, 2.45) is 0 Å². The van der Waals surface area contributed by atoms with Crippen LogP contribution in [-0.2, 0) is 30.5 Å². The minimum atomic E-state index is -0.206. The number of nitrogens with zero attached hydrogens (tertiary/aromatic N) is 1. The summed E-state index contributed by atoms with van der Waals surface area (Å²) in [5.74, 6) is 3.19. The highest BCUT2D eigenvalue weighted by Gasteiger charge is 2.26. The van der Waals surface area contributed by atoms with E-state index in [1.165, 1.54) is 16.7 Å². The average Bonchev–Trinajstić information content (AvgIpc) is 3.58. The fourth-order valence-electron chi connectivity index (χ4n) is 5.75. The zero-order valence-electron chi connectivity index (χ0n) is 30.9. The van der Waals surface area contributed by atoms with E-state index in [1.54, 1.807) is 20.3 Å². The van der Waals surface area contributed by atoms with Gasteiger partial charge in [-0.15, -0.1) is 0 Å². The van der Waals surface area contributed by atoms with E-state index in [2.05, 4.69) is 82.1 Å². The molecule has 0 saturated carbocycles. The predicted octanol–water partition coefficient (Wildman–Crippen LogP) is 9.46. The van der Waals surface area contributed by atoms with Crippen molar-refractivity contribution >= 4 is 5.91 Å². The third-order valence-electron chi connectivity index (χ3n) is 9.74. The maximum atomic E-state index is 13.0. The molecule has 0 spiro atoms. The van der Waals surface area contributed by atoms with Crippen molar-refractivity contribution in [3.63, 3.8) is 0 Å². The first kappa shape index (κ1) is 37.6. The molecule has 7 nitrogen and oxygen atoms in total. The van der Waals surface area contributed by atoms with E-state index < -0.39 is 0 Å². The summed E-state index contributed by atoms with van der Waals surface area (Å²) in [7, 11) is 3.28. The lowest BCUT2D eigenvalue weighted by molar-refractivity contribution is 0.0920. The number of amides is 1. The molecule has 49 heavy (non-hydrogen) atoms. The topological polar surface area (TPSA) is 73.2 Å². The summed E-state index contributed by atoms with van der Waals surface area (Å²) in [6.07, 6.45) is 3.76. The smallest absolute Gasteiger partial charge is 0.286 e. The molecule has 4 aromatic rings. The molecule has 0 aliphatic carbocycles. The molecule has 0 aliphatic rings. The van der Waals surface area contributed by atoms with Crippen LogP contribution in [0.5, 0.6) is 17.2 Å². The summed E-state index contributed by atoms with van der Waals surface area (Å²) in [5.41, 5.74) is 5.04. The van der Waals surface area contributed by atoms with Gasteiger partial charge in [0.25, 0.3) is 5.91 Å². The second kappa shape index (κ2) is 17.4. The molecule has 4 rings (SSSR count). The summed E-state index contributed by atoms with van der Waals surface area (Å²) in [5, 5.41) is 3.02. The quantitative estimate of drug-likeness (QED) is 0.100. The van der Waals surface area contributed by atoms with Crippen molar-refractivity contribution in [3.05, 3.63) is 113 Å². The van der Waals surface area contributed by atoms with Crippen LogP contribution in [-0.4, -0.2) is 38.2 Å². The fourth-order valence-corrected chi connectivity index (χ4v) is 5.75. The molecule has 264 valence electrons. The van der Waals surface area contributed by atoms with Gasteiger partial charge in [-0.3, -0.25) is 9.69 Å². The molecule has 1 amide bonds. The van der Waals surface area contributed by atoms with Gasteiger partial charge in [0, 0.05) is 25.2 Å². The van der Waals surface area contributed by atoms with E-state index in [9.17, 15) is 4.79 Å². The summed E-state index contributed by atoms with van der Waals surface area (Å²) in [6, 6.07) is 26.6. The molecule has 7 heteroatoms. The van der Waals surface area contributed by atoms with Gasteiger partial charge in [-0.1, -0.05) is 90.1 Å². The standard InChI is InChI=1S/C42H56N2O5/c1-9-41(3,4)33-19-22-36(35(27-33)42(5,6)10-2)48-25-15-14-24-43-40(45)38-23-20-34(49-38)30-44(28-31-16-12-11-13-17-31)29-32-18-21-37(46-7)39(26-32)47-8/h11-13,16-23,26-27H,9-10,14-15,24-25,28-30H2,1-8H3,(H,43,45). The Hall–Kier alpha value is -4.23. The Morgan fingerprint density at radius 1 is 0.735 bits per heavy atom. The molecule has 0 atom stereocenters. The number of ether oxygens (including phenoxy) is 3. The van der Waals surface area contributed by atoms with Crippen LogP contribution in [0.15, 0.2) is 83.3 Å². The number of rotatable bonds is 19. The molecule has 0 bridgehead atoms. The third-order valence-corrected chi connectivity index (χ3v) is 9.74. The van der Waals surface area contributed by atoms with E-state index in [4.69, 9.17) is 18.6 Å². The second-order valence-electron chi connectivity index (χ2n) is 14.1. The second-order valence-corrected chi connectivity index (χ2v) is 14.1. The first-order chi connectivity index (χ1) is 23.5. The molecule has 0 aliphatic heterocycles. The molecule has 0 radical (unpaired) electrons. The minimum Gasteiger partial charge on any atom is -0.493 e. The van der Waals surface area contributed by atoms with Crippen LogP contribution in [0, 0.1) is 0 Å². The Morgan fingerprint density at radius 2 is 1.43 bits per heavy atom. The van der Waals surface area contributed by atoms with Crippen molar-refractivity contribution in [2.75, 3.05) is 27.4 Å². The zero-order valence-corrected chi connectivity index (χ0v) is 30.9. The largest absolute Gasteiger partial charge is 0.493 e. The lowest BCUT2D eigenvalue weighted by Gasteiger charge is -2.30. The van der Waals surface area contributed by atoms with E-state index >= 15 is 0 Å². The Kier molecular flexibility index (Phi) is 13.4. The van der Waals surface area contributed by atoms with Crippen molar-refractivity contribution in [1.82, 2.24) is 10.2 Å². The maximum Gasteiger partial charge on any atom is 0.286 e. The molecule has 1 N–H and O–H groups in total. The number of benzene rings is 3. The summed E-state index contributed by atoms with van der Waals surface area (Å²) in [6.45, 7) is 16.7. The lowest BCUT2D eigenvalue weighted by Crippen LogP contribution is -2.24. The van der Waals surface area contributed by atoms with Gasteiger partial charge < -0.3 is 23.9 Å². The lowest BCUT2D eigenvalue weighted by atomic mass is 9.76. The Bertz CT molecular complexity index is 1630. The Labute approximate surface area is 294 Å². The molecule has 0 fully saturated rings. The average molecular weight is 669 g/mol. The number of hydrogen-bond donors (Lipinski definition) is 1.